The monoisotopic (exact) mass is 192 g/mol. The summed E-state index contributed by atoms with van der Waals surface area (Å²) in [6.45, 7) is 1.20. The SMILES string of the molecule is CS(=O)(=O)CC1NCCNC1=O. The van der Waals surface area contributed by atoms with Crippen molar-refractivity contribution in [3.8, 4) is 0 Å². The van der Waals surface area contributed by atoms with Gasteiger partial charge in [0.1, 0.15) is 15.9 Å². The molecule has 0 bridgehead atoms. The molecule has 6 heteroatoms. The minimum Gasteiger partial charge on any atom is -0.353 e. The predicted molar refractivity (Wildman–Crippen MR) is 44.5 cm³/mol. The summed E-state index contributed by atoms with van der Waals surface area (Å²) >= 11 is 0. The molecule has 1 atom stereocenters. The van der Waals surface area contributed by atoms with E-state index in [-0.39, 0.29) is 11.7 Å². The van der Waals surface area contributed by atoms with E-state index in [2.05, 4.69) is 10.6 Å². The topological polar surface area (TPSA) is 75.3 Å². The van der Waals surface area contributed by atoms with Gasteiger partial charge in [-0.15, -0.1) is 0 Å². The second kappa shape index (κ2) is 3.40. The molecule has 2 N–H and O–H groups in total. The summed E-state index contributed by atoms with van der Waals surface area (Å²) in [5.74, 6) is -0.356. The van der Waals surface area contributed by atoms with Gasteiger partial charge < -0.3 is 10.6 Å². The van der Waals surface area contributed by atoms with E-state index in [1.807, 2.05) is 0 Å². The lowest BCUT2D eigenvalue weighted by molar-refractivity contribution is -0.123. The summed E-state index contributed by atoms with van der Waals surface area (Å²) in [5, 5.41) is 5.42. The summed E-state index contributed by atoms with van der Waals surface area (Å²) in [4.78, 5) is 11.0. The molecule has 1 aliphatic heterocycles. The highest BCUT2D eigenvalue weighted by atomic mass is 32.2. The molecule has 1 fully saturated rings. The van der Waals surface area contributed by atoms with Crippen LogP contribution in [0, 0.1) is 0 Å². The van der Waals surface area contributed by atoms with E-state index < -0.39 is 15.9 Å². The number of piperazine rings is 1. The van der Waals surface area contributed by atoms with Crippen LogP contribution >= 0.6 is 0 Å². The summed E-state index contributed by atoms with van der Waals surface area (Å²) < 4.78 is 21.7. The third kappa shape index (κ3) is 2.78. The average Bonchev–Trinajstić information content (AvgIpc) is 1.91. The minimum absolute atomic E-state index is 0.126. The number of sulfone groups is 1. The summed E-state index contributed by atoms with van der Waals surface area (Å²) in [6, 6.07) is -0.575. The van der Waals surface area contributed by atoms with Crippen molar-refractivity contribution in [1.82, 2.24) is 10.6 Å². The van der Waals surface area contributed by atoms with Crippen LogP contribution in [0.4, 0.5) is 0 Å². The smallest absolute Gasteiger partial charge is 0.238 e. The second-order valence-corrected chi connectivity index (χ2v) is 5.07. The van der Waals surface area contributed by atoms with E-state index >= 15 is 0 Å². The fraction of sp³-hybridized carbons (Fsp3) is 0.833. The van der Waals surface area contributed by atoms with E-state index in [1.54, 1.807) is 0 Å². The normalized spacial score (nSPS) is 25.1. The zero-order valence-corrected chi connectivity index (χ0v) is 7.65. The van der Waals surface area contributed by atoms with Crippen molar-refractivity contribution >= 4 is 15.7 Å². The van der Waals surface area contributed by atoms with Gasteiger partial charge >= 0.3 is 0 Å². The van der Waals surface area contributed by atoms with Crippen LogP contribution in [0.25, 0.3) is 0 Å². The molecule has 70 valence electrons. The number of hydrogen-bond acceptors (Lipinski definition) is 4. The predicted octanol–water partition coefficient (Wildman–Crippen LogP) is -1.88. The summed E-state index contributed by atoms with van der Waals surface area (Å²) in [6.07, 6.45) is 1.12. The second-order valence-electron chi connectivity index (χ2n) is 2.89. The van der Waals surface area contributed by atoms with Crippen LogP contribution in [0.2, 0.25) is 0 Å². The van der Waals surface area contributed by atoms with Crippen molar-refractivity contribution in [1.29, 1.82) is 0 Å². The fourth-order valence-electron chi connectivity index (χ4n) is 1.09. The zero-order chi connectivity index (χ0) is 9.19. The maximum atomic E-state index is 11.0. The van der Waals surface area contributed by atoms with Gasteiger partial charge in [0.25, 0.3) is 0 Å². The molecule has 1 aliphatic rings. The minimum atomic E-state index is -3.08. The molecule has 1 unspecified atom stereocenters. The highest BCUT2D eigenvalue weighted by Gasteiger charge is 2.24. The Labute approximate surface area is 71.4 Å². The van der Waals surface area contributed by atoms with E-state index in [9.17, 15) is 13.2 Å². The average molecular weight is 192 g/mol. The molecule has 0 radical (unpaired) electrons. The fourth-order valence-corrected chi connectivity index (χ4v) is 1.96. The van der Waals surface area contributed by atoms with Gasteiger partial charge in [-0.2, -0.15) is 0 Å². The number of hydrogen-bond donors (Lipinski definition) is 2. The van der Waals surface area contributed by atoms with Crippen LogP contribution < -0.4 is 10.6 Å². The zero-order valence-electron chi connectivity index (χ0n) is 6.83. The number of amides is 1. The molecule has 1 amide bonds. The molecular formula is C6H12N2O3S. The lowest BCUT2D eigenvalue weighted by atomic mass is 10.2. The molecule has 1 saturated heterocycles. The number of rotatable bonds is 2. The van der Waals surface area contributed by atoms with Gasteiger partial charge in [0.2, 0.25) is 5.91 Å². The maximum Gasteiger partial charge on any atom is 0.238 e. The van der Waals surface area contributed by atoms with Gasteiger partial charge in [-0.3, -0.25) is 4.79 Å². The first-order valence-corrected chi connectivity index (χ1v) is 5.74. The molecule has 0 saturated carbocycles. The Morgan fingerprint density at radius 2 is 2.17 bits per heavy atom. The van der Waals surface area contributed by atoms with Gasteiger partial charge in [-0.05, 0) is 0 Å². The Kier molecular flexibility index (Phi) is 2.69. The van der Waals surface area contributed by atoms with Gasteiger partial charge in [0, 0.05) is 19.3 Å². The van der Waals surface area contributed by atoms with Crippen LogP contribution in [0.5, 0.6) is 0 Å². The standard InChI is InChI=1S/C6H12N2O3S/c1-12(10,11)4-5-6(9)8-3-2-7-5/h5,7H,2-4H2,1H3,(H,8,9). The van der Waals surface area contributed by atoms with Crippen LogP contribution in [-0.2, 0) is 14.6 Å². The Hall–Kier alpha value is -0.620. The molecule has 0 spiro atoms. The summed E-state index contributed by atoms with van der Waals surface area (Å²) in [7, 11) is -3.08. The quantitative estimate of drug-likeness (QED) is 0.537. The Bertz CT molecular complexity index is 273. The van der Waals surface area contributed by atoms with E-state index in [0.717, 1.165) is 6.26 Å². The molecule has 5 nitrogen and oxygen atoms in total. The summed E-state index contributed by atoms with van der Waals surface area (Å²) in [5.41, 5.74) is 0. The van der Waals surface area contributed by atoms with Crippen molar-refractivity contribution in [3.63, 3.8) is 0 Å². The maximum absolute atomic E-state index is 11.0. The molecular weight excluding hydrogens is 180 g/mol. The number of carbonyl (C=O) groups is 1. The van der Waals surface area contributed by atoms with Gasteiger partial charge in [-0.25, -0.2) is 8.42 Å². The third-order valence-corrected chi connectivity index (χ3v) is 2.54. The lowest BCUT2D eigenvalue weighted by Gasteiger charge is -2.22. The van der Waals surface area contributed by atoms with Crippen LogP contribution in [-0.4, -0.2) is 45.5 Å². The van der Waals surface area contributed by atoms with Crippen molar-refractivity contribution in [2.45, 2.75) is 6.04 Å². The van der Waals surface area contributed by atoms with Crippen LogP contribution in [0.1, 0.15) is 0 Å². The van der Waals surface area contributed by atoms with Crippen molar-refractivity contribution < 1.29 is 13.2 Å². The first-order chi connectivity index (χ1) is 5.49. The molecule has 12 heavy (non-hydrogen) atoms. The molecule has 0 aromatic carbocycles. The largest absolute Gasteiger partial charge is 0.353 e. The van der Waals surface area contributed by atoms with Crippen LogP contribution in [0.3, 0.4) is 0 Å². The van der Waals surface area contributed by atoms with Gasteiger partial charge in [0.05, 0.1) is 5.75 Å². The molecule has 0 aromatic heterocycles. The van der Waals surface area contributed by atoms with Crippen LogP contribution in [0.15, 0.2) is 0 Å². The third-order valence-electron chi connectivity index (χ3n) is 1.60. The highest BCUT2D eigenvalue weighted by molar-refractivity contribution is 7.90. The lowest BCUT2D eigenvalue weighted by Crippen LogP contribution is -2.55. The number of carbonyl (C=O) groups excluding carboxylic acids is 1. The van der Waals surface area contributed by atoms with Crippen molar-refractivity contribution in [2.24, 2.45) is 0 Å². The first-order valence-electron chi connectivity index (χ1n) is 3.68. The Morgan fingerprint density at radius 1 is 1.50 bits per heavy atom. The number of nitrogens with one attached hydrogen (secondary N) is 2. The van der Waals surface area contributed by atoms with E-state index in [1.165, 1.54) is 0 Å². The van der Waals surface area contributed by atoms with E-state index in [4.69, 9.17) is 0 Å². The first kappa shape index (κ1) is 9.47. The molecule has 0 aliphatic carbocycles. The Morgan fingerprint density at radius 3 is 2.67 bits per heavy atom. The Balaban J connectivity index is 2.56. The van der Waals surface area contributed by atoms with E-state index in [0.29, 0.717) is 13.1 Å². The van der Waals surface area contributed by atoms with Crippen molar-refractivity contribution in [3.05, 3.63) is 0 Å². The molecule has 1 heterocycles. The van der Waals surface area contributed by atoms with Gasteiger partial charge in [-0.1, -0.05) is 0 Å². The van der Waals surface area contributed by atoms with Gasteiger partial charge in [0.15, 0.2) is 0 Å². The highest BCUT2D eigenvalue weighted by Crippen LogP contribution is 1.94. The molecule has 0 aromatic rings. The van der Waals surface area contributed by atoms with Crippen molar-refractivity contribution in [2.75, 3.05) is 25.1 Å². The molecule has 1 rings (SSSR count).